The van der Waals surface area contributed by atoms with Gasteiger partial charge in [-0.05, 0) is 85.1 Å². The van der Waals surface area contributed by atoms with Crippen molar-refractivity contribution in [2.75, 3.05) is 16.0 Å². The van der Waals surface area contributed by atoms with E-state index in [1.165, 1.54) is 56.3 Å². The number of anilines is 3. The second-order valence-electron chi connectivity index (χ2n) is 14.5. The van der Waals surface area contributed by atoms with E-state index in [9.17, 15) is 49.3 Å². The summed E-state index contributed by atoms with van der Waals surface area (Å²) in [5.74, 6) is -5.52. The molecule has 0 aliphatic carbocycles. The van der Waals surface area contributed by atoms with E-state index < -0.39 is 41.1 Å². The van der Waals surface area contributed by atoms with E-state index in [1.54, 1.807) is 30.3 Å². The maximum absolute atomic E-state index is 13.3. The summed E-state index contributed by atoms with van der Waals surface area (Å²) < 4.78 is 0. The van der Waals surface area contributed by atoms with Crippen LogP contribution in [0.3, 0.4) is 0 Å². The summed E-state index contributed by atoms with van der Waals surface area (Å²) in [6.45, 7) is 2.92. The molecule has 0 aliphatic heterocycles. The molecule has 13 heteroatoms. The molecule has 0 spiro atoms. The first-order valence-corrected chi connectivity index (χ1v) is 19.3. The third kappa shape index (κ3) is 10.1. The van der Waals surface area contributed by atoms with Crippen molar-refractivity contribution in [3.63, 3.8) is 0 Å². The van der Waals surface area contributed by atoms with Gasteiger partial charge in [0.2, 0.25) is 5.91 Å². The molecule has 1 atom stereocenters. The molecule has 13 nitrogen and oxygen atoms in total. The number of carbonyl (C=O) groups excluding carboxylic acids is 5. The number of hydrogen-bond acceptors (Lipinski definition) is 9. The largest absolute Gasteiger partial charge is 0.507 e. The zero-order chi connectivity index (χ0) is 44.5. The maximum Gasteiger partial charge on any atom is 0.339 e. The van der Waals surface area contributed by atoms with Crippen LogP contribution in [0, 0.1) is 31.1 Å². The molecule has 0 bridgehead atoms. The molecule has 6 aromatic carbocycles. The summed E-state index contributed by atoms with van der Waals surface area (Å²) in [5.41, 5.74) is 4.24. The second-order valence-corrected chi connectivity index (χ2v) is 14.5. The Morgan fingerprint density at radius 2 is 1.18 bits per heavy atom. The van der Waals surface area contributed by atoms with Crippen LogP contribution >= 0.6 is 0 Å². The number of nitrogens with zero attached hydrogens (tertiary/aromatic N) is 1. The van der Waals surface area contributed by atoms with Crippen LogP contribution in [0.2, 0.25) is 0 Å². The smallest absolute Gasteiger partial charge is 0.339 e. The number of carbonyl (C=O) groups is 6. The molecule has 1 unspecified atom stereocenters. The van der Waals surface area contributed by atoms with Gasteiger partial charge in [-0.2, -0.15) is 5.26 Å². The van der Waals surface area contributed by atoms with E-state index in [0.717, 1.165) is 17.2 Å². The van der Waals surface area contributed by atoms with Crippen LogP contribution in [0.4, 0.5) is 17.1 Å². The predicted octanol–water partition coefficient (Wildman–Crippen LogP) is 8.75. The molecule has 3 amide bonds. The summed E-state index contributed by atoms with van der Waals surface area (Å²) in [7, 11) is 0. The number of phenols is 2. The molecule has 0 aromatic heterocycles. The van der Waals surface area contributed by atoms with Gasteiger partial charge in [0, 0.05) is 64.1 Å². The number of nitrogens with one attached hydrogen (secondary N) is 3. The quantitative estimate of drug-likeness (QED) is 0.0540. The van der Waals surface area contributed by atoms with Crippen LogP contribution in [0.5, 0.6) is 11.5 Å². The van der Waals surface area contributed by atoms with Gasteiger partial charge >= 0.3 is 5.97 Å². The van der Waals surface area contributed by atoms with Gasteiger partial charge in [0.15, 0.2) is 11.6 Å². The van der Waals surface area contributed by atoms with Crippen molar-refractivity contribution in [3.05, 3.63) is 172 Å². The molecule has 0 saturated carbocycles. The Labute approximate surface area is 356 Å². The fourth-order valence-corrected chi connectivity index (χ4v) is 6.67. The summed E-state index contributed by atoms with van der Waals surface area (Å²) in [5, 5.41) is 47.6. The molecule has 0 radical (unpaired) electrons. The Hall–Kier alpha value is -8.37. The molecule has 0 saturated heterocycles. The topological polar surface area (TPSA) is 223 Å². The molecule has 6 rings (SSSR count). The number of carboxylic acid groups (broad SMARTS) is 1. The van der Waals surface area contributed by atoms with Gasteiger partial charge in [0.25, 0.3) is 11.8 Å². The van der Waals surface area contributed by atoms with E-state index in [0.29, 0.717) is 22.4 Å². The number of hydrogen-bond donors (Lipinski definition) is 6. The maximum atomic E-state index is 13.3. The Morgan fingerprint density at radius 3 is 1.81 bits per heavy atom. The Kier molecular flexibility index (Phi) is 13.3. The van der Waals surface area contributed by atoms with E-state index >= 15 is 0 Å². The Bertz CT molecular complexity index is 2760. The van der Waals surface area contributed by atoms with Crippen molar-refractivity contribution >= 4 is 52.3 Å². The molecule has 6 N–H and O–H groups in total. The minimum absolute atomic E-state index is 0.0735. The number of aromatic hydroxyl groups is 2. The lowest BCUT2D eigenvalue weighted by Gasteiger charge is -2.15. The summed E-state index contributed by atoms with van der Waals surface area (Å²) >= 11 is 0. The lowest BCUT2D eigenvalue weighted by atomic mass is 9.93. The van der Waals surface area contributed by atoms with Crippen molar-refractivity contribution in [2.24, 2.45) is 5.92 Å². The summed E-state index contributed by atoms with van der Waals surface area (Å²) in [6.07, 6.45) is -0.323. The number of carboxylic acids is 1. The molecular weight excluding hydrogens is 789 g/mol. The van der Waals surface area contributed by atoms with E-state index in [1.807, 2.05) is 54.6 Å². The molecule has 0 fully saturated rings. The molecule has 310 valence electrons. The zero-order valence-electron chi connectivity index (χ0n) is 33.6. The standard InChI is InChI=1S/C49H40N4O9/c1-28-40(21-19-38(44(28)56)48(60)53-41-22-20-39(49(61)62)45(57)29(41)2)52-46(58)33-15-17-37(18-16-33)51-47(59)36(23-24-50)27-43(55)32-13-11-30(12-14-32)25-42(54)35-10-6-9-34(26-35)31-7-4-3-5-8-31/h3-22,26,36,56-57H,23,25,27H2,1-2H3,(H,51,59)(H,52,58)(H,53,60)(H,61,62). The number of ketones is 2. The molecule has 6 aromatic rings. The summed E-state index contributed by atoms with van der Waals surface area (Å²) in [4.78, 5) is 77.1. The number of phenolic OH excluding ortho intramolecular Hbond substituents is 1. The fraction of sp³-hybridized carbons (Fsp3) is 0.122. The van der Waals surface area contributed by atoms with Crippen molar-refractivity contribution in [1.29, 1.82) is 5.26 Å². The lowest BCUT2D eigenvalue weighted by Crippen LogP contribution is -2.25. The number of aromatic carboxylic acids is 1. The van der Waals surface area contributed by atoms with Crippen molar-refractivity contribution in [2.45, 2.75) is 33.1 Å². The molecule has 0 heterocycles. The zero-order valence-corrected chi connectivity index (χ0v) is 33.6. The van der Waals surface area contributed by atoms with Crippen LogP contribution in [-0.2, 0) is 11.2 Å². The van der Waals surface area contributed by atoms with E-state index in [4.69, 9.17) is 0 Å². The van der Waals surface area contributed by atoms with Gasteiger partial charge < -0.3 is 31.3 Å². The van der Waals surface area contributed by atoms with Gasteiger partial charge in [-0.25, -0.2) is 4.79 Å². The first-order chi connectivity index (χ1) is 29.7. The fourth-order valence-electron chi connectivity index (χ4n) is 6.67. The highest BCUT2D eigenvalue weighted by molar-refractivity contribution is 6.09. The highest BCUT2D eigenvalue weighted by Crippen LogP contribution is 2.33. The van der Waals surface area contributed by atoms with E-state index in [2.05, 4.69) is 16.0 Å². The second kappa shape index (κ2) is 19.1. The Balaban J connectivity index is 1.03. The van der Waals surface area contributed by atoms with Crippen molar-refractivity contribution in [3.8, 4) is 28.7 Å². The van der Waals surface area contributed by atoms with Crippen LogP contribution in [0.25, 0.3) is 11.1 Å². The SMILES string of the molecule is Cc1c(NC(=O)c2ccc(NC(=O)c3ccc(NC(=O)C(CC#N)CC(=O)c4ccc(CC(=O)c5cccc(-c6ccccc6)c5)cc4)cc3)c(C)c2O)ccc(C(=O)O)c1O. The van der Waals surface area contributed by atoms with Crippen LogP contribution in [0.1, 0.15) is 81.3 Å². The molecule has 62 heavy (non-hydrogen) atoms. The normalized spacial score (nSPS) is 11.1. The monoisotopic (exact) mass is 828 g/mol. The molecular formula is C49H40N4O9. The number of benzene rings is 6. The summed E-state index contributed by atoms with van der Waals surface area (Å²) in [6, 6.07) is 36.8. The molecule has 0 aliphatic rings. The van der Waals surface area contributed by atoms with Crippen molar-refractivity contribution < 1.29 is 44.1 Å². The first kappa shape index (κ1) is 43.2. The third-order valence-corrected chi connectivity index (χ3v) is 10.3. The third-order valence-electron chi connectivity index (χ3n) is 10.3. The first-order valence-electron chi connectivity index (χ1n) is 19.3. The predicted molar refractivity (Wildman–Crippen MR) is 233 cm³/mol. The van der Waals surface area contributed by atoms with Gasteiger partial charge in [0.05, 0.1) is 17.6 Å². The van der Waals surface area contributed by atoms with Gasteiger partial charge in [-0.3, -0.25) is 24.0 Å². The minimum Gasteiger partial charge on any atom is -0.507 e. The van der Waals surface area contributed by atoms with E-state index in [-0.39, 0.29) is 70.0 Å². The average Bonchev–Trinajstić information content (AvgIpc) is 3.27. The minimum atomic E-state index is -1.34. The number of amides is 3. The number of Topliss-reactive ketones (excluding diaryl/α,β-unsaturated/α-hetero) is 2. The van der Waals surface area contributed by atoms with Gasteiger partial charge in [-0.1, -0.05) is 72.8 Å². The Morgan fingerprint density at radius 1 is 0.597 bits per heavy atom. The highest BCUT2D eigenvalue weighted by atomic mass is 16.4. The van der Waals surface area contributed by atoms with Crippen molar-refractivity contribution in [1.82, 2.24) is 0 Å². The average molecular weight is 829 g/mol. The van der Waals surface area contributed by atoms with Crippen LogP contribution in [0.15, 0.2) is 127 Å². The number of rotatable bonds is 15. The van der Waals surface area contributed by atoms with Gasteiger partial charge in [-0.15, -0.1) is 0 Å². The highest BCUT2D eigenvalue weighted by Gasteiger charge is 2.24. The van der Waals surface area contributed by atoms with Crippen LogP contribution in [-0.4, -0.2) is 50.6 Å². The van der Waals surface area contributed by atoms with Gasteiger partial charge in [0.1, 0.15) is 17.1 Å². The van der Waals surface area contributed by atoms with Crippen LogP contribution < -0.4 is 16.0 Å². The number of nitriles is 1. The lowest BCUT2D eigenvalue weighted by molar-refractivity contribution is -0.119.